The second-order valence-electron chi connectivity index (χ2n) is 6.56. The molecule has 3 aromatic rings. The van der Waals surface area contributed by atoms with Gasteiger partial charge in [-0.1, -0.05) is 6.92 Å². The van der Waals surface area contributed by atoms with E-state index in [1.807, 2.05) is 31.2 Å². The molecule has 0 saturated carbocycles. The zero-order valence-corrected chi connectivity index (χ0v) is 16.7. The van der Waals surface area contributed by atoms with E-state index < -0.39 is 23.1 Å². The number of oxazole rings is 1. The van der Waals surface area contributed by atoms with Crippen LogP contribution in [0.15, 0.2) is 40.8 Å². The second-order valence-corrected chi connectivity index (χ2v) is 6.56. The number of hydrogen-bond acceptors (Lipinski definition) is 5. The number of amides is 1. The largest absolute Gasteiger partial charge is 0.497 e. The average Bonchev–Trinajstić information content (AvgIpc) is 3.12. The summed E-state index contributed by atoms with van der Waals surface area (Å²) in [7, 11) is 1.60. The van der Waals surface area contributed by atoms with Gasteiger partial charge in [0.2, 0.25) is 0 Å². The first-order valence-corrected chi connectivity index (χ1v) is 9.48. The van der Waals surface area contributed by atoms with Gasteiger partial charge in [0.25, 0.3) is 5.91 Å². The molecule has 2 aromatic carbocycles. The van der Waals surface area contributed by atoms with Crippen LogP contribution < -0.4 is 15.2 Å². The lowest BCUT2D eigenvalue weighted by molar-refractivity contribution is 0.0991. The van der Waals surface area contributed by atoms with Crippen LogP contribution >= 0.6 is 0 Å². The van der Waals surface area contributed by atoms with Crippen LogP contribution in [-0.2, 0) is 12.8 Å². The van der Waals surface area contributed by atoms with Crippen LogP contribution in [0.2, 0.25) is 0 Å². The number of carbonyl (C=O) groups excluding carboxylic acids is 1. The summed E-state index contributed by atoms with van der Waals surface area (Å²) in [4.78, 5) is 15.8. The van der Waals surface area contributed by atoms with Crippen molar-refractivity contribution in [3.8, 4) is 22.8 Å². The minimum Gasteiger partial charge on any atom is -0.497 e. The standard InChI is InChI=1S/C22H22F2N2O4/c1-3-4-17-21(13-5-7-14(28-2)8-6-13)26-18(30-17)11-12-29-16-10-9-15(23)19(20(16)24)22(25)27/h5-10H,3-4,11-12H2,1-2H3,(H2,25,27). The molecule has 158 valence electrons. The summed E-state index contributed by atoms with van der Waals surface area (Å²) >= 11 is 0. The zero-order valence-electron chi connectivity index (χ0n) is 16.7. The van der Waals surface area contributed by atoms with Crippen LogP contribution in [0.3, 0.4) is 0 Å². The van der Waals surface area contributed by atoms with Gasteiger partial charge in [-0.3, -0.25) is 4.79 Å². The van der Waals surface area contributed by atoms with Gasteiger partial charge in [0.1, 0.15) is 28.6 Å². The monoisotopic (exact) mass is 416 g/mol. The summed E-state index contributed by atoms with van der Waals surface area (Å²) in [6.45, 7) is 2.06. The van der Waals surface area contributed by atoms with Gasteiger partial charge in [0.05, 0.1) is 20.1 Å². The van der Waals surface area contributed by atoms with Gasteiger partial charge < -0.3 is 19.6 Å². The molecule has 0 bridgehead atoms. The van der Waals surface area contributed by atoms with E-state index in [9.17, 15) is 13.6 Å². The van der Waals surface area contributed by atoms with E-state index in [0.29, 0.717) is 12.3 Å². The lowest BCUT2D eigenvalue weighted by atomic mass is 10.1. The number of hydrogen-bond donors (Lipinski definition) is 1. The number of ether oxygens (including phenoxy) is 2. The van der Waals surface area contributed by atoms with E-state index in [2.05, 4.69) is 4.98 Å². The molecular formula is C22H22F2N2O4. The lowest BCUT2D eigenvalue weighted by Gasteiger charge is -2.08. The van der Waals surface area contributed by atoms with E-state index in [1.54, 1.807) is 7.11 Å². The van der Waals surface area contributed by atoms with Gasteiger partial charge in [-0.15, -0.1) is 0 Å². The Labute approximate surface area is 172 Å². The number of methoxy groups -OCH3 is 1. The first kappa shape index (κ1) is 21.3. The Morgan fingerprint density at radius 2 is 1.87 bits per heavy atom. The maximum absolute atomic E-state index is 14.2. The molecule has 0 unspecified atom stereocenters. The topological polar surface area (TPSA) is 87.6 Å². The van der Waals surface area contributed by atoms with Crippen LogP contribution in [0.25, 0.3) is 11.3 Å². The third-order valence-electron chi connectivity index (χ3n) is 4.46. The molecular weight excluding hydrogens is 394 g/mol. The molecule has 3 rings (SSSR count). The Morgan fingerprint density at radius 3 is 2.50 bits per heavy atom. The molecule has 0 radical (unpaired) electrons. The second kappa shape index (κ2) is 9.39. The summed E-state index contributed by atoms with van der Waals surface area (Å²) in [5.74, 6) is -1.69. The van der Waals surface area contributed by atoms with Gasteiger partial charge in [0, 0.05) is 12.0 Å². The summed E-state index contributed by atoms with van der Waals surface area (Å²) < 4.78 is 44.2. The SMILES string of the molecule is CCCc1oc(CCOc2ccc(F)c(C(N)=O)c2F)nc1-c1ccc(OC)cc1. The zero-order chi connectivity index (χ0) is 21.7. The molecule has 0 aliphatic carbocycles. The van der Waals surface area contributed by atoms with Crippen molar-refractivity contribution in [3.05, 3.63) is 65.2 Å². The Kier molecular flexibility index (Phi) is 6.66. The number of aryl methyl sites for hydroxylation is 1. The van der Waals surface area contributed by atoms with Crippen molar-refractivity contribution in [2.24, 2.45) is 5.73 Å². The molecule has 2 N–H and O–H groups in total. The molecule has 0 fully saturated rings. The molecule has 0 aliphatic rings. The minimum atomic E-state index is -1.20. The molecule has 1 aromatic heterocycles. The number of nitrogens with zero attached hydrogens (tertiary/aromatic N) is 1. The minimum absolute atomic E-state index is 0.0227. The van der Waals surface area contributed by atoms with Crippen LogP contribution in [0, 0.1) is 11.6 Å². The summed E-state index contributed by atoms with van der Waals surface area (Å²) in [5, 5.41) is 0. The van der Waals surface area contributed by atoms with Crippen molar-refractivity contribution in [3.63, 3.8) is 0 Å². The van der Waals surface area contributed by atoms with Crippen LogP contribution in [-0.4, -0.2) is 24.6 Å². The number of rotatable bonds is 9. The first-order chi connectivity index (χ1) is 14.4. The van der Waals surface area contributed by atoms with Crippen molar-refractivity contribution in [2.45, 2.75) is 26.2 Å². The highest BCUT2D eigenvalue weighted by Gasteiger charge is 2.20. The van der Waals surface area contributed by atoms with Crippen molar-refractivity contribution in [2.75, 3.05) is 13.7 Å². The van der Waals surface area contributed by atoms with Crippen LogP contribution in [0.5, 0.6) is 11.5 Å². The maximum atomic E-state index is 14.2. The van der Waals surface area contributed by atoms with Gasteiger partial charge in [-0.25, -0.2) is 13.8 Å². The Balaban J connectivity index is 1.75. The highest BCUT2D eigenvalue weighted by Crippen LogP contribution is 2.28. The fraction of sp³-hybridized carbons (Fsp3) is 0.273. The molecule has 1 heterocycles. The normalized spacial score (nSPS) is 10.8. The Morgan fingerprint density at radius 1 is 1.13 bits per heavy atom. The molecule has 8 heteroatoms. The van der Waals surface area contributed by atoms with Gasteiger partial charge in [-0.05, 0) is 42.8 Å². The predicted octanol–water partition coefficient (Wildman–Crippen LogP) is 4.30. The van der Waals surface area contributed by atoms with E-state index in [-0.39, 0.29) is 18.8 Å². The van der Waals surface area contributed by atoms with E-state index in [0.717, 1.165) is 41.3 Å². The van der Waals surface area contributed by atoms with Crippen molar-refractivity contribution in [1.82, 2.24) is 4.98 Å². The quantitative estimate of drug-likeness (QED) is 0.562. The lowest BCUT2D eigenvalue weighted by Crippen LogP contribution is -2.16. The van der Waals surface area contributed by atoms with Crippen LogP contribution in [0.4, 0.5) is 8.78 Å². The highest BCUT2D eigenvalue weighted by molar-refractivity contribution is 5.93. The number of halogens is 2. The van der Waals surface area contributed by atoms with E-state index in [4.69, 9.17) is 19.6 Å². The van der Waals surface area contributed by atoms with Crippen molar-refractivity contribution < 1.29 is 27.5 Å². The van der Waals surface area contributed by atoms with Crippen LogP contribution in [0.1, 0.15) is 35.4 Å². The number of aromatic nitrogens is 1. The van der Waals surface area contributed by atoms with Crippen molar-refractivity contribution >= 4 is 5.91 Å². The molecule has 0 spiro atoms. The number of primary amides is 1. The average molecular weight is 416 g/mol. The summed E-state index contributed by atoms with van der Waals surface area (Å²) in [6, 6.07) is 9.53. The van der Waals surface area contributed by atoms with Crippen molar-refractivity contribution in [1.29, 1.82) is 0 Å². The first-order valence-electron chi connectivity index (χ1n) is 9.48. The van der Waals surface area contributed by atoms with Gasteiger partial charge in [0.15, 0.2) is 17.5 Å². The highest BCUT2D eigenvalue weighted by atomic mass is 19.1. The molecule has 30 heavy (non-hydrogen) atoms. The van der Waals surface area contributed by atoms with Gasteiger partial charge >= 0.3 is 0 Å². The molecule has 0 atom stereocenters. The predicted molar refractivity (Wildman–Crippen MR) is 107 cm³/mol. The molecule has 0 aliphatic heterocycles. The van der Waals surface area contributed by atoms with Gasteiger partial charge in [-0.2, -0.15) is 0 Å². The summed E-state index contributed by atoms with van der Waals surface area (Å²) in [5.41, 5.74) is 5.82. The fourth-order valence-corrected chi connectivity index (χ4v) is 3.00. The third-order valence-corrected chi connectivity index (χ3v) is 4.46. The molecule has 0 saturated heterocycles. The Hall–Kier alpha value is -3.42. The number of benzene rings is 2. The Bertz CT molecular complexity index is 1030. The smallest absolute Gasteiger partial charge is 0.254 e. The molecule has 6 nitrogen and oxygen atoms in total. The number of carbonyl (C=O) groups is 1. The third kappa shape index (κ3) is 4.59. The fourth-order valence-electron chi connectivity index (χ4n) is 3.00. The number of nitrogens with two attached hydrogens (primary N) is 1. The maximum Gasteiger partial charge on any atom is 0.254 e. The molecule has 1 amide bonds. The van der Waals surface area contributed by atoms with E-state index >= 15 is 0 Å². The van der Waals surface area contributed by atoms with E-state index in [1.165, 1.54) is 0 Å². The summed E-state index contributed by atoms with van der Waals surface area (Å²) in [6.07, 6.45) is 1.85.